The van der Waals surface area contributed by atoms with E-state index in [1.54, 1.807) is 0 Å². The molecule has 1 saturated heterocycles. The van der Waals surface area contributed by atoms with Gasteiger partial charge in [-0.1, -0.05) is 12.7 Å². The maximum absolute atomic E-state index is 10.7. The van der Waals surface area contributed by atoms with Crippen molar-refractivity contribution in [2.24, 2.45) is 5.92 Å². The molecule has 13 heavy (non-hydrogen) atoms. The smallest absolute Gasteiger partial charge is 0.320 e. The molecule has 0 aliphatic carbocycles. The molecule has 0 amide bonds. The Kier molecular flexibility index (Phi) is 4.25. The summed E-state index contributed by atoms with van der Waals surface area (Å²) in [6.07, 6.45) is 3.56. The monoisotopic (exact) mass is 185 g/mol. The Labute approximate surface area is 78.6 Å². The van der Waals surface area contributed by atoms with Crippen molar-refractivity contribution in [2.45, 2.75) is 31.6 Å². The van der Waals surface area contributed by atoms with E-state index in [0.717, 1.165) is 32.1 Å². The van der Waals surface area contributed by atoms with Gasteiger partial charge in [-0.25, -0.2) is 0 Å². The first-order valence-electron chi connectivity index (χ1n) is 4.82. The van der Waals surface area contributed by atoms with E-state index >= 15 is 0 Å². The fraction of sp³-hybridized carbons (Fsp3) is 0.875. The largest absolute Gasteiger partial charge is 0.480 e. The molecule has 0 radical (unpaired) electrons. The van der Waals surface area contributed by atoms with Gasteiger partial charge >= 0.3 is 5.97 Å². The van der Waals surface area contributed by atoms with Gasteiger partial charge in [0.05, 0.1) is 0 Å². The zero-order chi connectivity index (χ0) is 9.68. The molecular weight excluding hydrogens is 169 g/mol. The maximum atomic E-state index is 10.7. The zero-order valence-corrected chi connectivity index (χ0v) is 7.70. The summed E-state index contributed by atoms with van der Waals surface area (Å²) < 4.78 is 0. The quantitative estimate of drug-likeness (QED) is 0.402. The van der Waals surface area contributed by atoms with Gasteiger partial charge in [0.25, 0.3) is 7.48 Å². The van der Waals surface area contributed by atoms with Crippen LogP contribution in [0.15, 0.2) is 0 Å². The molecule has 5 heteroatoms. The normalized spacial score (nSPS) is 27.5. The van der Waals surface area contributed by atoms with Crippen molar-refractivity contribution >= 4 is 13.5 Å². The van der Waals surface area contributed by atoms with Gasteiger partial charge in [-0.15, -0.1) is 0 Å². The van der Waals surface area contributed by atoms with Crippen molar-refractivity contribution < 1.29 is 14.9 Å². The second kappa shape index (κ2) is 5.24. The molecule has 0 aromatic rings. The molecule has 1 aliphatic rings. The molecule has 2 unspecified atom stereocenters. The van der Waals surface area contributed by atoms with E-state index in [2.05, 4.69) is 5.32 Å². The summed E-state index contributed by atoms with van der Waals surface area (Å²) in [7, 11) is 0.206. The minimum absolute atomic E-state index is 0.206. The van der Waals surface area contributed by atoms with Gasteiger partial charge in [-0.3, -0.25) is 4.79 Å². The summed E-state index contributed by atoms with van der Waals surface area (Å²) in [5, 5.41) is 20.4. The number of hydrogen-bond donors (Lipinski definition) is 3. The summed E-state index contributed by atoms with van der Waals surface area (Å²) in [6.45, 7) is 0.806. The van der Waals surface area contributed by atoms with Crippen LogP contribution in [-0.2, 0) is 4.79 Å². The van der Waals surface area contributed by atoms with Gasteiger partial charge in [0.2, 0.25) is 0 Å². The average molecular weight is 185 g/mol. The molecule has 3 N–H and O–H groups in total. The highest BCUT2D eigenvalue weighted by atomic mass is 16.4. The fourth-order valence-corrected chi connectivity index (χ4v) is 1.88. The summed E-state index contributed by atoms with van der Waals surface area (Å²) in [6, 6.07) is -0.362. The minimum Gasteiger partial charge on any atom is -0.480 e. The molecule has 4 nitrogen and oxygen atoms in total. The predicted molar refractivity (Wildman–Crippen MR) is 50.9 cm³/mol. The van der Waals surface area contributed by atoms with E-state index in [0.29, 0.717) is 0 Å². The molecular formula is C8H16BNO3. The van der Waals surface area contributed by atoms with Gasteiger partial charge < -0.3 is 15.4 Å². The molecule has 2 atom stereocenters. The number of hydrogen-bond acceptors (Lipinski definition) is 3. The van der Waals surface area contributed by atoms with Crippen LogP contribution in [0.2, 0.25) is 6.32 Å². The van der Waals surface area contributed by atoms with E-state index < -0.39 is 5.97 Å². The molecule has 0 aromatic heterocycles. The Balaban J connectivity index is 2.27. The standard InChI is InChI=1S/C8H16BNO3/c11-8(12)7-6(3-5-10-7)2-1-4-9-13/h6-7,9-10,13H,1-5H2,(H,11,12). The van der Waals surface area contributed by atoms with Gasteiger partial charge in [-0.05, 0) is 25.3 Å². The van der Waals surface area contributed by atoms with Crippen LogP contribution in [0.25, 0.3) is 0 Å². The van der Waals surface area contributed by atoms with E-state index in [1.165, 1.54) is 0 Å². The lowest BCUT2D eigenvalue weighted by Crippen LogP contribution is -2.35. The van der Waals surface area contributed by atoms with Crippen LogP contribution >= 0.6 is 0 Å². The molecule has 74 valence electrons. The number of carbonyl (C=O) groups is 1. The summed E-state index contributed by atoms with van der Waals surface area (Å²) >= 11 is 0. The van der Waals surface area contributed by atoms with Gasteiger partial charge in [-0.2, -0.15) is 0 Å². The highest BCUT2D eigenvalue weighted by molar-refractivity contribution is 6.25. The second-order valence-corrected chi connectivity index (χ2v) is 3.54. The van der Waals surface area contributed by atoms with Crippen LogP contribution < -0.4 is 5.32 Å². The van der Waals surface area contributed by atoms with Crippen molar-refractivity contribution in [3.63, 3.8) is 0 Å². The zero-order valence-electron chi connectivity index (χ0n) is 7.70. The van der Waals surface area contributed by atoms with Crippen LogP contribution in [0.4, 0.5) is 0 Å². The number of nitrogens with one attached hydrogen (secondary N) is 1. The van der Waals surface area contributed by atoms with Crippen LogP contribution in [0, 0.1) is 5.92 Å². The van der Waals surface area contributed by atoms with Crippen molar-refractivity contribution in [3.8, 4) is 0 Å². The van der Waals surface area contributed by atoms with Crippen molar-refractivity contribution in [1.29, 1.82) is 0 Å². The number of rotatable bonds is 5. The predicted octanol–water partition coefficient (Wildman–Crippen LogP) is -0.409. The van der Waals surface area contributed by atoms with Crippen LogP contribution in [0.1, 0.15) is 19.3 Å². The van der Waals surface area contributed by atoms with Crippen LogP contribution in [0.3, 0.4) is 0 Å². The SMILES string of the molecule is O=C(O)C1NCCC1CCCBO. The Hall–Kier alpha value is -0.545. The first-order valence-corrected chi connectivity index (χ1v) is 4.82. The van der Waals surface area contributed by atoms with Gasteiger partial charge in [0.15, 0.2) is 0 Å². The topological polar surface area (TPSA) is 69.6 Å². The van der Waals surface area contributed by atoms with Crippen LogP contribution in [0.5, 0.6) is 0 Å². The first-order chi connectivity index (χ1) is 6.25. The number of carboxylic acids is 1. The lowest BCUT2D eigenvalue weighted by Gasteiger charge is -2.14. The Morgan fingerprint density at radius 2 is 2.38 bits per heavy atom. The molecule has 1 aliphatic heterocycles. The van der Waals surface area contributed by atoms with Crippen molar-refractivity contribution in [3.05, 3.63) is 0 Å². The molecule has 0 saturated carbocycles. The minimum atomic E-state index is -0.744. The third-order valence-corrected chi connectivity index (χ3v) is 2.60. The Morgan fingerprint density at radius 3 is 3.00 bits per heavy atom. The average Bonchev–Trinajstić information content (AvgIpc) is 2.53. The van der Waals surface area contributed by atoms with Gasteiger partial charge in [0, 0.05) is 0 Å². The lowest BCUT2D eigenvalue weighted by molar-refractivity contribution is -0.140. The molecule has 0 aromatic carbocycles. The Morgan fingerprint density at radius 1 is 1.62 bits per heavy atom. The lowest BCUT2D eigenvalue weighted by atomic mass is 9.87. The summed E-state index contributed by atoms with van der Waals surface area (Å²) in [5.41, 5.74) is 0. The number of aliphatic carboxylic acids is 1. The summed E-state index contributed by atoms with van der Waals surface area (Å²) in [5.74, 6) is -0.490. The molecule has 1 rings (SSSR count). The maximum Gasteiger partial charge on any atom is 0.320 e. The van der Waals surface area contributed by atoms with E-state index in [9.17, 15) is 4.79 Å². The van der Waals surface area contributed by atoms with Crippen molar-refractivity contribution in [1.82, 2.24) is 5.32 Å². The molecule has 1 heterocycles. The third kappa shape index (κ3) is 3.01. The molecule has 0 bridgehead atoms. The van der Waals surface area contributed by atoms with Crippen molar-refractivity contribution in [2.75, 3.05) is 6.54 Å². The number of carboxylic acid groups (broad SMARTS) is 1. The second-order valence-electron chi connectivity index (χ2n) is 3.54. The Bertz CT molecular complexity index is 177. The van der Waals surface area contributed by atoms with Crippen LogP contribution in [-0.4, -0.2) is 36.2 Å². The van der Waals surface area contributed by atoms with E-state index in [-0.39, 0.29) is 19.4 Å². The van der Waals surface area contributed by atoms with Gasteiger partial charge in [0.1, 0.15) is 6.04 Å². The van der Waals surface area contributed by atoms with E-state index in [1.807, 2.05) is 0 Å². The highest BCUT2D eigenvalue weighted by Gasteiger charge is 2.31. The fourth-order valence-electron chi connectivity index (χ4n) is 1.88. The van der Waals surface area contributed by atoms with E-state index in [4.69, 9.17) is 10.1 Å². The first kappa shape index (κ1) is 10.5. The molecule has 0 spiro atoms. The highest BCUT2D eigenvalue weighted by Crippen LogP contribution is 2.21. The third-order valence-electron chi connectivity index (χ3n) is 2.60. The summed E-state index contributed by atoms with van der Waals surface area (Å²) in [4.78, 5) is 10.7. The molecule has 1 fully saturated rings.